The van der Waals surface area contributed by atoms with Gasteiger partial charge in [0.25, 0.3) is 5.91 Å². The van der Waals surface area contributed by atoms with Gasteiger partial charge in [0.1, 0.15) is 0 Å². The Bertz CT molecular complexity index is 709. The van der Waals surface area contributed by atoms with E-state index in [1.54, 1.807) is 24.5 Å². The number of hydrogen-bond acceptors (Lipinski definition) is 5. The average Bonchev–Trinajstić information content (AvgIpc) is 2.88. The van der Waals surface area contributed by atoms with Gasteiger partial charge in [0.15, 0.2) is 0 Å². The van der Waals surface area contributed by atoms with E-state index in [9.17, 15) is 13.2 Å². The zero-order chi connectivity index (χ0) is 14.8. The number of hydrogen-bond donors (Lipinski definition) is 1. The number of carbonyl (C=O) groups excluding carboxylic acids is 1. The summed E-state index contributed by atoms with van der Waals surface area (Å²) in [5, 5.41) is 3.99. The fourth-order valence-electron chi connectivity index (χ4n) is 1.34. The van der Waals surface area contributed by atoms with Crippen molar-refractivity contribution in [3.8, 4) is 5.69 Å². The summed E-state index contributed by atoms with van der Waals surface area (Å²) < 4.78 is 27.4. The Kier molecular flexibility index (Phi) is 3.81. The molecule has 0 unspecified atom stereocenters. The van der Waals surface area contributed by atoms with Gasteiger partial charge in [-0.2, -0.15) is 17.8 Å². The first-order valence-corrected chi connectivity index (χ1v) is 7.04. The first-order valence-electron chi connectivity index (χ1n) is 5.60. The molecule has 8 nitrogen and oxygen atoms in total. The van der Waals surface area contributed by atoms with E-state index in [1.807, 2.05) is 4.72 Å². The van der Waals surface area contributed by atoms with Crippen LogP contribution in [0.5, 0.6) is 0 Å². The number of pyridine rings is 1. The van der Waals surface area contributed by atoms with E-state index in [-0.39, 0.29) is 5.56 Å². The van der Waals surface area contributed by atoms with Crippen LogP contribution in [-0.2, 0) is 10.2 Å². The molecule has 106 valence electrons. The summed E-state index contributed by atoms with van der Waals surface area (Å²) in [6, 6.07) is 3.49. The monoisotopic (exact) mass is 295 g/mol. The molecular weight excluding hydrogens is 282 g/mol. The lowest BCUT2D eigenvalue weighted by molar-refractivity contribution is 0.0979. The van der Waals surface area contributed by atoms with E-state index in [4.69, 9.17) is 0 Å². The molecule has 0 aromatic carbocycles. The number of nitrogens with one attached hydrogen (secondary N) is 1. The van der Waals surface area contributed by atoms with Gasteiger partial charge in [-0.1, -0.05) is 0 Å². The molecule has 0 aliphatic rings. The van der Waals surface area contributed by atoms with Gasteiger partial charge in [-0.05, 0) is 12.1 Å². The van der Waals surface area contributed by atoms with Crippen molar-refractivity contribution in [1.82, 2.24) is 23.8 Å². The lowest BCUT2D eigenvalue weighted by Gasteiger charge is -2.11. The Morgan fingerprint density at radius 3 is 2.70 bits per heavy atom. The maximum Gasteiger partial charge on any atom is 0.303 e. The average molecular weight is 295 g/mol. The van der Waals surface area contributed by atoms with Crippen LogP contribution in [0.2, 0.25) is 0 Å². The van der Waals surface area contributed by atoms with Crippen LogP contribution in [0.1, 0.15) is 10.4 Å². The number of rotatable bonds is 4. The molecule has 2 aromatic rings. The zero-order valence-electron chi connectivity index (χ0n) is 10.9. The summed E-state index contributed by atoms with van der Waals surface area (Å²) in [4.78, 5) is 15.8. The second-order valence-electron chi connectivity index (χ2n) is 4.10. The molecule has 0 radical (unpaired) electrons. The molecule has 0 fully saturated rings. The molecular formula is C11H13N5O3S. The van der Waals surface area contributed by atoms with E-state index in [0.29, 0.717) is 5.69 Å². The van der Waals surface area contributed by atoms with Crippen LogP contribution < -0.4 is 4.72 Å². The zero-order valence-corrected chi connectivity index (χ0v) is 11.7. The normalized spacial score (nSPS) is 11.6. The number of nitrogens with zero attached hydrogens (tertiary/aromatic N) is 4. The van der Waals surface area contributed by atoms with Crippen molar-refractivity contribution in [2.75, 3.05) is 14.1 Å². The molecule has 0 saturated carbocycles. The summed E-state index contributed by atoms with van der Waals surface area (Å²) >= 11 is 0. The van der Waals surface area contributed by atoms with Gasteiger partial charge in [-0.25, -0.2) is 9.40 Å². The maximum atomic E-state index is 11.8. The quantitative estimate of drug-likeness (QED) is 0.842. The maximum absolute atomic E-state index is 11.8. The second kappa shape index (κ2) is 5.39. The number of carbonyl (C=O) groups is 1. The van der Waals surface area contributed by atoms with Gasteiger partial charge in [0, 0.05) is 26.5 Å². The third-order valence-corrected chi connectivity index (χ3v) is 3.86. The Morgan fingerprint density at radius 1 is 1.35 bits per heavy atom. The molecule has 2 rings (SSSR count). The lowest BCUT2D eigenvalue weighted by Crippen LogP contribution is -2.39. The fraction of sp³-hybridized carbons (Fsp3) is 0.182. The van der Waals surface area contributed by atoms with Crippen LogP contribution in [0, 0.1) is 0 Å². The Morgan fingerprint density at radius 2 is 2.10 bits per heavy atom. The minimum Gasteiger partial charge on any atom is -0.268 e. The van der Waals surface area contributed by atoms with Gasteiger partial charge < -0.3 is 0 Å². The molecule has 2 heterocycles. The summed E-state index contributed by atoms with van der Waals surface area (Å²) in [6.45, 7) is 0. The molecule has 0 aliphatic carbocycles. The van der Waals surface area contributed by atoms with Crippen LogP contribution >= 0.6 is 0 Å². The number of amides is 1. The summed E-state index contributed by atoms with van der Waals surface area (Å²) in [5.74, 6) is -0.742. The van der Waals surface area contributed by atoms with Crippen molar-refractivity contribution in [2.24, 2.45) is 0 Å². The summed E-state index contributed by atoms with van der Waals surface area (Å²) in [7, 11) is -1.16. The van der Waals surface area contributed by atoms with Crippen LogP contribution in [-0.4, -0.2) is 47.5 Å². The molecule has 0 saturated heterocycles. The highest BCUT2D eigenvalue weighted by Gasteiger charge is 2.19. The van der Waals surface area contributed by atoms with E-state index in [0.717, 1.165) is 4.31 Å². The third-order valence-electron chi connectivity index (χ3n) is 2.46. The van der Waals surface area contributed by atoms with Gasteiger partial charge in [0.05, 0.1) is 23.6 Å². The topological polar surface area (TPSA) is 97.2 Å². The molecule has 2 aromatic heterocycles. The van der Waals surface area contributed by atoms with Gasteiger partial charge in [0.2, 0.25) is 0 Å². The molecule has 1 N–H and O–H groups in total. The molecule has 20 heavy (non-hydrogen) atoms. The second-order valence-corrected chi connectivity index (χ2v) is 5.99. The molecule has 0 atom stereocenters. The predicted molar refractivity (Wildman–Crippen MR) is 71.4 cm³/mol. The highest BCUT2D eigenvalue weighted by Crippen LogP contribution is 2.06. The van der Waals surface area contributed by atoms with Crippen molar-refractivity contribution in [3.05, 3.63) is 42.5 Å². The SMILES string of the molecule is CN(C)S(=O)(=O)NC(=O)c1cnn(-c2cccnc2)c1. The van der Waals surface area contributed by atoms with Crippen molar-refractivity contribution in [2.45, 2.75) is 0 Å². The van der Waals surface area contributed by atoms with Crippen molar-refractivity contribution in [3.63, 3.8) is 0 Å². The van der Waals surface area contributed by atoms with Crippen LogP contribution in [0.25, 0.3) is 5.69 Å². The largest absolute Gasteiger partial charge is 0.303 e. The van der Waals surface area contributed by atoms with Crippen molar-refractivity contribution in [1.29, 1.82) is 0 Å². The predicted octanol–water partition coefficient (Wildman–Crippen LogP) is -0.196. The van der Waals surface area contributed by atoms with E-state index in [2.05, 4.69) is 10.1 Å². The minimum absolute atomic E-state index is 0.138. The Balaban J connectivity index is 2.20. The summed E-state index contributed by atoms with van der Waals surface area (Å²) in [6.07, 6.45) is 5.90. The van der Waals surface area contributed by atoms with Crippen LogP contribution in [0.4, 0.5) is 0 Å². The third kappa shape index (κ3) is 3.00. The minimum atomic E-state index is -3.82. The molecule has 0 aliphatic heterocycles. The fourth-order valence-corrected chi connectivity index (χ4v) is 1.87. The van der Waals surface area contributed by atoms with Crippen LogP contribution in [0.3, 0.4) is 0 Å². The standard InChI is InChI=1S/C11H13N5O3S/c1-15(2)20(18,19)14-11(17)9-6-13-16(8-9)10-4-3-5-12-7-10/h3-8H,1-2H3,(H,14,17). The molecule has 0 bridgehead atoms. The van der Waals surface area contributed by atoms with E-state index < -0.39 is 16.1 Å². The van der Waals surface area contributed by atoms with Gasteiger partial charge in [-0.15, -0.1) is 0 Å². The van der Waals surface area contributed by atoms with Crippen molar-refractivity contribution >= 4 is 16.1 Å². The van der Waals surface area contributed by atoms with Gasteiger partial charge in [-0.3, -0.25) is 9.78 Å². The first kappa shape index (κ1) is 14.2. The molecule has 9 heteroatoms. The van der Waals surface area contributed by atoms with E-state index in [1.165, 1.54) is 31.2 Å². The van der Waals surface area contributed by atoms with Crippen molar-refractivity contribution < 1.29 is 13.2 Å². The first-order chi connectivity index (χ1) is 9.40. The number of aromatic nitrogens is 3. The van der Waals surface area contributed by atoms with Crippen LogP contribution in [0.15, 0.2) is 36.9 Å². The molecule has 1 amide bonds. The van der Waals surface area contributed by atoms with E-state index >= 15 is 0 Å². The highest BCUT2D eigenvalue weighted by atomic mass is 32.2. The Labute approximate surface area is 116 Å². The lowest BCUT2D eigenvalue weighted by atomic mass is 10.3. The summed E-state index contributed by atoms with van der Waals surface area (Å²) in [5.41, 5.74) is 0.807. The Hall–Kier alpha value is -2.26. The molecule has 0 spiro atoms. The highest BCUT2D eigenvalue weighted by molar-refractivity contribution is 7.87. The smallest absolute Gasteiger partial charge is 0.268 e. The van der Waals surface area contributed by atoms with Gasteiger partial charge >= 0.3 is 10.2 Å².